The fourth-order valence-electron chi connectivity index (χ4n) is 2.77. The number of aliphatic hydroxyl groups excluding tert-OH is 1. The Labute approximate surface area is 104 Å². The van der Waals surface area contributed by atoms with Crippen molar-refractivity contribution in [3.8, 4) is 0 Å². The van der Waals surface area contributed by atoms with Gasteiger partial charge in [0.05, 0.1) is 0 Å². The maximum absolute atomic E-state index is 9.35. The summed E-state index contributed by atoms with van der Waals surface area (Å²) in [5.74, 6) is 1.72. The molecule has 0 radical (unpaired) electrons. The SMILES string of the molecule is OC[C@@]12CCN(c3cccc(Br)n3)C[C@@H]1C2. The lowest BCUT2D eigenvalue weighted by Crippen LogP contribution is -2.36. The molecule has 1 saturated carbocycles. The van der Waals surface area contributed by atoms with Crippen LogP contribution in [0.25, 0.3) is 0 Å². The van der Waals surface area contributed by atoms with Gasteiger partial charge in [0, 0.05) is 25.1 Å². The quantitative estimate of drug-likeness (QED) is 0.844. The zero-order chi connectivity index (χ0) is 11.2. The number of anilines is 1. The van der Waals surface area contributed by atoms with Crippen LogP contribution in [-0.4, -0.2) is 29.8 Å². The van der Waals surface area contributed by atoms with E-state index < -0.39 is 0 Å². The second-order valence-electron chi connectivity index (χ2n) is 4.94. The number of hydrogen-bond acceptors (Lipinski definition) is 3. The molecule has 0 bridgehead atoms. The average Bonchev–Trinajstić information content (AvgIpc) is 3.03. The molecule has 1 aromatic rings. The van der Waals surface area contributed by atoms with Gasteiger partial charge in [0.1, 0.15) is 10.4 Å². The van der Waals surface area contributed by atoms with Crippen molar-refractivity contribution >= 4 is 21.7 Å². The van der Waals surface area contributed by atoms with Gasteiger partial charge in [0.15, 0.2) is 0 Å². The molecule has 2 aliphatic rings. The molecule has 86 valence electrons. The average molecular weight is 283 g/mol. The lowest BCUT2D eigenvalue weighted by Gasteiger charge is -2.31. The fourth-order valence-corrected chi connectivity index (χ4v) is 3.10. The Morgan fingerprint density at radius 1 is 1.56 bits per heavy atom. The van der Waals surface area contributed by atoms with Gasteiger partial charge in [-0.1, -0.05) is 6.07 Å². The van der Waals surface area contributed by atoms with Crippen LogP contribution >= 0.6 is 15.9 Å². The molecule has 1 aromatic heterocycles. The zero-order valence-electron chi connectivity index (χ0n) is 9.06. The van der Waals surface area contributed by atoms with E-state index in [9.17, 15) is 5.11 Å². The summed E-state index contributed by atoms with van der Waals surface area (Å²) in [6, 6.07) is 6.02. The van der Waals surface area contributed by atoms with Crippen LogP contribution in [0.15, 0.2) is 22.8 Å². The van der Waals surface area contributed by atoms with Gasteiger partial charge in [-0.05, 0) is 46.8 Å². The van der Waals surface area contributed by atoms with E-state index in [1.54, 1.807) is 0 Å². The summed E-state index contributed by atoms with van der Waals surface area (Å²) in [6.45, 7) is 2.42. The third kappa shape index (κ3) is 1.64. The molecular formula is C12H15BrN2O. The summed E-state index contributed by atoms with van der Waals surface area (Å²) in [7, 11) is 0. The highest BCUT2D eigenvalue weighted by atomic mass is 79.9. The number of aromatic nitrogens is 1. The maximum Gasteiger partial charge on any atom is 0.129 e. The molecule has 4 heteroatoms. The molecule has 2 atom stereocenters. The van der Waals surface area contributed by atoms with Crippen LogP contribution in [0.3, 0.4) is 0 Å². The van der Waals surface area contributed by atoms with Crippen LogP contribution in [0.1, 0.15) is 12.8 Å². The van der Waals surface area contributed by atoms with E-state index in [-0.39, 0.29) is 5.41 Å². The molecule has 3 rings (SSSR count). The summed E-state index contributed by atoms with van der Waals surface area (Å²) < 4.78 is 0.889. The topological polar surface area (TPSA) is 36.4 Å². The molecule has 1 aliphatic heterocycles. The molecule has 16 heavy (non-hydrogen) atoms. The van der Waals surface area contributed by atoms with E-state index in [2.05, 4.69) is 31.9 Å². The van der Waals surface area contributed by atoms with Crippen molar-refractivity contribution in [3.05, 3.63) is 22.8 Å². The van der Waals surface area contributed by atoms with Crippen molar-refractivity contribution in [2.75, 3.05) is 24.6 Å². The first-order chi connectivity index (χ1) is 7.73. The van der Waals surface area contributed by atoms with Gasteiger partial charge < -0.3 is 10.0 Å². The number of fused-ring (bicyclic) bond motifs is 1. The molecule has 1 aliphatic carbocycles. The fraction of sp³-hybridized carbons (Fsp3) is 0.583. The van der Waals surface area contributed by atoms with Gasteiger partial charge in [0.2, 0.25) is 0 Å². The Kier molecular flexibility index (Phi) is 2.44. The van der Waals surface area contributed by atoms with Gasteiger partial charge in [-0.2, -0.15) is 0 Å². The van der Waals surface area contributed by atoms with Crippen LogP contribution in [0, 0.1) is 11.3 Å². The van der Waals surface area contributed by atoms with Gasteiger partial charge in [-0.3, -0.25) is 0 Å². The Balaban J connectivity index is 1.75. The van der Waals surface area contributed by atoms with Crippen LogP contribution in [0.4, 0.5) is 5.82 Å². The highest BCUT2D eigenvalue weighted by Gasteiger charge is 2.56. The molecule has 0 amide bonds. The number of piperidine rings is 1. The van der Waals surface area contributed by atoms with Crippen molar-refractivity contribution in [3.63, 3.8) is 0 Å². The summed E-state index contributed by atoms with van der Waals surface area (Å²) in [5.41, 5.74) is 0.266. The molecule has 3 nitrogen and oxygen atoms in total. The summed E-state index contributed by atoms with van der Waals surface area (Å²) in [6.07, 6.45) is 2.29. The maximum atomic E-state index is 9.35. The Morgan fingerprint density at radius 3 is 3.12 bits per heavy atom. The van der Waals surface area contributed by atoms with Crippen molar-refractivity contribution in [2.45, 2.75) is 12.8 Å². The summed E-state index contributed by atoms with van der Waals surface area (Å²) in [5, 5.41) is 9.35. The van der Waals surface area contributed by atoms with E-state index in [4.69, 9.17) is 0 Å². The van der Waals surface area contributed by atoms with Crippen LogP contribution in [-0.2, 0) is 0 Å². The smallest absolute Gasteiger partial charge is 0.129 e. The second kappa shape index (κ2) is 3.70. The van der Waals surface area contributed by atoms with Gasteiger partial charge in [0.25, 0.3) is 0 Å². The monoisotopic (exact) mass is 282 g/mol. The Bertz CT molecular complexity index is 412. The van der Waals surface area contributed by atoms with E-state index >= 15 is 0 Å². The normalized spacial score (nSPS) is 32.4. The number of nitrogens with zero attached hydrogens (tertiary/aromatic N) is 2. The van der Waals surface area contributed by atoms with Crippen LogP contribution in [0.2, 0.25) is 0 Å². The molecule has 0 spiro atoms. The molecule has 2 fully saturated rings. The Hall–Kier alpha value is -0.610. The van der Waals surface area contributed by atoms with Crippen LogP contribution < -0.4 is 4.90 Å². The highest BCUT2D eigenvalue weighted by molar-refractivity contribution is 9.10. The first-order valence-electron chi connectivity index (χ1n) is 5.72. The largest absolute Gasteiger partial charge is 0.396 e. The number of hydrogen-bond donors (Lipinski definition) is 1. The molecule has 0 aromatic carbocycles. The zero-order valence-corrected chi connectivity index (χ0v) is 10.7. The molecule has 0 unspecified atom stereocenters. The molecule has 1 N–H and O–H groups in total. The molecule has 2 heterocycles. The standard InChI is InChI=1S/C12H15BrN2O/c13-10-2-1-3-11(14-10)15-5-4-12(8-16)6-9(12)7-15/h1-3,9,16H,4-8H2/t9-,12-/m0/s1. The number of rotatable bonds is 2. The first-order valence-corrected chi connectivity index (χ1v) is 6.51. The van der Waals surface area contributed by atoms with Crippen molar-refractivity contribution in [1.29, 1.82) is 0 Å². The number of pyridine rings is 1. The van der Waals surface area contributed by atoms with Crippen molar-refractivity contribution in [1.82, 2.24) is 4.98 Å². The minimum absolute atomic E-state index is 0.266. The summed E-state index contributed by atoms with van der Waals surface area (Å²) >= 11 is 3.40. The first kappa shape index (κ1) is 10.5. The van der Waals surface area contributed by atoms with E-state index in [1.165, 1.54) is 6.42 Å². The minimum atomic E-state index is 0.266. The number of halogens is 1. The van der Waals surface area contributed by atoms with E-state index in [0.717, 1.165) is 29.9 Å². The minimum Gasteiger partial charge on any atom is -0.396 e. The lowest BCUT2D eigenvalue weighted by atomic mass is 9.96. The van der Waals surface area contributed by atoms with E-state index in [1.807, 2.05) is 12.1 Å². The van der Waals surface area contributed by atoms with Gasteiger partial charge in [-0.25, -0.2) is 4.98 Å². The van der Waals surface area contributed by atoms with E-state index in [0.29, 0.717) is 12.5 Å². The Morgan fingerprint density at radius 2 is 2.44 bits per heavy atom. The predicted molar refractivity (Wildman–Crippen MR) is 66.4 cm³/mol. The highest BCUT2D eigenvalue weighted by Crippen LogP contribution is 2.57. The third-order valence-electron chi connectivity index (χ3n) is 4.02. The predicted octanol–water partition coefficient (Wildman–Crippen LogP) is 2.05. The van der Waals surface area contributed by atoms with Crippen molar-refractivity contribution in [2.24, 2.45) is 11.3 Å². The number of aliphatic hydroxyl groups is 1. The van der Waals surface area contributed by atoms with Crippen LogP contribution in [0.5, 0.6) is 0 Å². The molecular weight excluding hydrogens is 268 g/mol. The molecule has 1 saturated heterocycles. The van der Waals surface area contributed by atoms with Gasteiger partial charge in [-0.15, -0.1) is 0 Å². The second-order valence-corrected chi connectivity index (χ2v) is 5.75. The summed E-state index contributed by atoms with van der Waals surface area (Å²) in [4.78, 5) is 6.81. The van der Waals surface area contributed by atoms with Crippen molar-refractivity contribution < 1.29 is 5.11 Å². The third-order valence-corrected chi connectivity index (χ3v) is 4.46. The van der Waals surface area contributed by atoms with Gasteiger partial charge >= 0.3 is 0 Å². The lowest BCUT2D eigenvalue weighted by molar-refractivity contribution is 0.182.